The van der Waals surface area contributed by atoms with Crippen molar-refractivity contribution >= 4 is 0 Å². The SMILES string of the molecule is CNC1CCC(C(C)C)CC1Cc1ccco1. The monoisotopic (exact) mass is 235 g/mol. The topological polar surface area (TPSA) is 25.2 Å². The molecule has 1 aromatic rings. The van der Waals surface area contributed by atoms with Gasteiger partial charge in [0.25, 0.3) is 0 Å². The average molecular weight is 235 g/mol. The molecule has 1 N–H and O–H groups in total. The van der Waals surface area contributed by atoms with Crippen LogP contribution in [0.5, 0.6) is 0 Å². The van der Waals surface area contributed by atoms with Crippen LogP contribution < -0.4 is 5.32 Å². The molecule has 0 aliphatic heterocycles. The predicted octanol–water partition coefficient (Wildman–Crippen LogP) is 3.48. The van der Waals surface area contributed by atoms with Crippen molar-refractivity contribution in [2.45, 2.75) is 45.6 Å². The fourth-order valence-corrected chi connectivity index (χ4v) is 3.20. The molecular formula is C15H25NO. The van der Waals surface area contributed by atoms with Crippen molar-refractivity contribution in [3.8, 4) is 0 Å². The van der Waals surface area contributed by atoms with Crippen molar-refractivity contribution in [2.75, 3.05) is 7.05 Å². The number of rotatable bonds is 4. The fraction of sp³-hybridized carbons (Fsp3) is 0.733. The minimum Gasteiger partial charge on any atom is -0.469 e. The molecule has 1 aliphatic carbocycles. The summed E-state index contributed by atoms with van der Waals surface area (Å²) in [7, 11) is 2.09. The summed E-state index contributed by atoms with van der Waals surface area (Å²) in [5.74, 6) is 3.57. The smallest absolute Gasteiger partial charge is 0.104 e. The average Bonchev–Trinajstić information content (AvgIpc) is 2.81. The van der Waals surface area contributed by atoms with E-state index in [1.807, 2.05) is 6.07 Å². The Kier molecular flexibility index (Phi) is 4.27. The Balaban J connectivity index is 1.99. The van der Waals surface area contributed by atoms with Crippen LogP contribution in [-0.4, -0.2) is 13.1 Å². The molecule has 1 fully saturated rings. The second-order valence-electron chi connectivity index (χ2n) is 5.76. The largest absolute Gasteiger partial charge is 0.469 e. The Morgan fingerprint density at radius 1 is 1.41 bits per heavy atom. The zero-order valence-corrected chi connectivity index (χ0v) is 11.3. The van der Waals surface area contributed by atoms with Gasteiger partial charge in [0, 0.05) is 12.5 Å². The Morgan fingerprint density at radius 3 is 2.82 bits per heavy atom. The maximum Gasteiger partial charge on any atom is 0.104 e. The molecule has 1 aliphatic rings. The van der Waals surface area contributed by atoms with E-state index >= 15 is 0 Å². The second-order valence-corrected chi connectivity index (χ2v) is 5.76. The summed E-state index contributed by atoms with van der Waals surface area (Å²) in [6.07, 6.45) is 6.89. The summed E-state index contributed by atoms with van der Waals surface area (Å²) >= 11 is 0. The first-order valence-electron chi connectivity index (χ1n) is 6.90. The van der Waals surface area contributed by atoms with Crippen molar-refractivity contribution in [1.82, 2.24) is 5.32 Å². The lowest BCUT2D eigenvalue weighted by molar-refractivity contribution is 0.168. The predicted molar refractivity (Wildman–Crippen MR) is 70.9 cm³/mol. The van der Waals surface area contributed by atoms with Gasteiger partial charge in [0.2, 0.25) is 0 Å². The molecule has 0 aromatic carbocycles. The van der Waals surface area contributed by atoms with Gasteiger partial charge < -0.3 is 9.73 Å². The van der Waals surface area contributed by atoms with E-state index in [2.05, 4.69) is 32.3 Å². The van der Waals surface area contributed by atoms with E-state index in [0.29, 0.717) is 6.04 Å². The molecule has 0 spiro atoms. The highest BCUT2D eigenvalue weighted by molar-refractivity contribution is 5.01. The van der Waals surface area contributed by atoms with Gasteiger partial charge in [-0.3, -0.25) is 0 Å². The van der Waals surface area contributed by atoms with Crippen LogP contribution >= 0.6 is 0 Å². The Hall–Kier alpha value is -0.760. The van der Waals surface area contributed by atoms with E-state index < -0.39 is 0 Å². The van der Waals surface area contributed by atoms with E-state index in [4.69, 9.17) is 4.42 Å². The molecule has 2 heteroatoms. The quantitative estimate of drug-likeness (QED) is 0.864. The molecule has 0 radical (unpaired) electrons. The first-order chi connectivity index (χ1) is 8.20. The van der Waals surface area contributed by atoms with Crippen molar-refractivity contribution in [2.24, 2.45) is 17.8 Å². The zero-order valence-electron chi connectivity index (χ0n) is 11.3. The zero-order chi connectivity index (χ0) is 12.3. The van der Waals surface area contributed by atoms with Crippen LogP contribution in [0.4, 0.5) is 0 Å². The molecule has 1 heterocycles. The third-order valence-corrected chi connectivity index (χ3v) is 4.38. The molecule has 2 rings (SSSR count). The van der Waals surface area contributed by atoms with E-state index in [9.17, 15) is 0 Å². The molecule has 96 valence electrons. The summed E-state index contributed by atoms with van der Waals surface area (Å²) in [6, 6.07) is 4.76. The summed E-state index contributed by atoms with van der Waals surface area (Å²) in [5, 5.41) is 3.48. The van der Waals surface area contributed by atoms with Crippen LogP contribution in [0.2, 0.25) is 0 Å². The normalized spacial score (nSPS) is 29.8. The Labute approximate surface area is 105 Å². The van der Waals surface area contributed by atoms with E-state index in [1.165, 1.54) is 19.3 Å². The first kappa shape index (κ1) is 12.7. The number of hydrogen-bond donors (Lipinski definition) is 1. The minimum atomic E-state index is 0.662. The standard InChI is InChI=1S/C15H25NO/c1-11(2)12-6-7-15(16-3)13(9-12)10-14-5-4-8-17-14/h4-5,8,11-13,15-16H,6-7,9-10H2,1-3H3. The summed E-state index contributed by atoms with van der Waals surface area (Å²) in [4.78, 5) is 0. The van der Waals surface area contributed by atoms with Crippen molar-refractivity contribution in [3.05, 3.63) is 24.2 Å². The van der Waals surface area contributed by atoms with Gasteiger partial charge in [-0.25, -0.2) is 0 Å². The third-order valence-electron chi connectivity index (χ3n) is 4.38. The number of nitrogens with one attached hydrogen (secondary N) is 1. The lowest BCUT2D eigenvalue weighted by atomic mass is 9.72. The van der Waals surface area contributed by atoms with Gasteiger partial charge in [0.05, 0.1) is 6.26 Å². The number of hydrogen-bond acceptors (Lipinski definition) is 2. The van der Waals surface area contributed by atoms with Crippen molar-refractivity contribution < 1.29 is 4.42 Å². The highest BCUT2D eigenvalue weighted by Gasteiger charge is 2.31. The maximum absolute atomic E-state index is 5.50. The lowest BCUT2D eigenvalue weighted by Gasteiger charge is -2.37. The molecule has 0 saturated heterocycles. The molecule has 2 nitrogen and oxygen atoms in total. The third kappa shape index (κ3) is 3.12. The molecule has 0 amide bonds. The second kappa shape index (κ2) is 5.72. The maximum atomic E-state index is 5.50. The fourth-order valence-electron chi connectivity index (χ4n) is 3.20. The van der Waals surface area contributed by atoms with Crippen molar-refractivity contribution in [1.29, 1.82) is 0 Å². The molecule has 3 unspecified atom stereocenters. The molecular weight excluding hydrogens is 210 g/mol. The van der Waals surface area contributed by atoms with Crippen LogP contribution in [0.25, 0.3) is 0 Å². The highest BCUT2D eigenvalue weighted by atomic mass is 16.3. The number of furan rings is 1. The van der Waals surface area contributed by atoms with E-state index in [-0.39, 0.29) is 0 Å². The van der Waals surface area contributed by atoms with Crippen LogP contribution in [0, 0.1) is 17.8 Å². The van der Waals surface area contributed by atoms with Crippen molar-refractivity contribution in [3.63, 3.8) is 0 Å². The van der Waals surface area contributed by atoms with Gasteiger partial charge in [-0.05, 0) is 56.2 Å². The summed E-state index contributed by atoms with van der Waals surface area (Å²) in [5.41, 5.74) is 0. The van der Waals surface area contributed by atoms with Crippen LogP contribution in [0.15, 0.2) is 22.8 Å². The molecule has 3 atom stereocenters. The molecule has 1 saturated carbocycles. The Morgan fingerprint density at radius 2 is 2.24 bits per heavy atom. The summed E-state index contributed by atoms with van der Waals surface area (Å²) < 4.78 is 5.50. The van der Waals surface area contributed by atoms with Gasteiger partial charge in [-0.15, -0.1) is 0 Å². The molecule has 0 bridgehead atoms. The van der Waals surface area contributed by atoms with Gasteiger partial charge in [-0.1, -0.05) is 13.8 Å². The van der Waals surface area contributed by atoms with Gasteiger partial charge in [-0.2, -0.15) is 0 Å². The van der Waals surface area contributed by atoms with Crippen LogP contribution in [-0.2, 0) is 6.42 Å². The highest BCUT2D eigenvalue weighted by Crippen LogP contribution is 2.35. The first-order valence-corrected chi connectivity index (χ1v) is 6.90. The molecule has 17 heavy (non-hydrogen) atoms. The van der Waals surface area contributed by atoms with Gasteiger partial charge in [0.15, 0.2) is 0 Å². The minimum absolute atomic E-state index is 0.662. The lowest BCUT2D eigenvalue weighted by Crippen LogP contribution is -2.40. The van der Waals surface area contributed by atoms with Crippen LogP contribution in [0.1, 0.15) is 38.9 Å². The van der Waals surface area contributed by atoms with Gasteiger partial charge >= 0.3 is 0 Å². The van der Waals surface area contributed by atoms with Crippen LogP contribution in [0.3, 0.4) is 0 Å². The van der Waals surface area contributed by atoms with E-state index in [0.717, 1.165) is 29.9 Å². The molecule has 1 aromatic heterocycles. The summed E-state index contributed by atoms with van der Waals surface area (Å²) in [6.45, 7) is 4.71. The van der Waals surface area contributed by atoms with Gasteiger partial charge in [0.1, 0.15) is 5.76 Å². The Bertz CT molecular complexity index is 318. The van der Waals surface area contributed by atoms with E-state index in [1.54, 1.807) is 6.26 Å².